The van der Waals surface area contributed by atoms with Crippen LogP contribution in [-0.2, 0) is 23.0 Å². The van der Waals surface area contributed by atoms with Crippen LogP contribution in [0.15, 0.2) is 65.6 Å². The molecule has 0 unspecified atom stereocenters. The maximum Gasteiger partial charge on any atom is 0.255 e. The Balaban J connectivity index is 1.51. The van der Waals surface area contributed by atoms with Crippen LogP contribution in [0, 0.1) is 6.92 Å². The number of fused-ring (bicyclic) bond motifs is 1. The smallest absolute Gasteiger partial charge is 0.255 e. The summed E-state index contributed by atoms with van der Waals surface area (Å²) < 4.78 is 38.4. The lowest BCUT2D eigenvalue weighted by Gasteiger charge is -2.28. The molecule has 0 fully saturated rings. The number of nitrogens with one attached hydrogen (secondary N) is 1. The number of carbonyl (C=O) groups excluding carboxylic acids is 1. The number of nitrogens with zero attached hydrogens (tertiary/aromatic N) is 1. The zero-order valence-corrected chi connectivity index (χ0v) is 19.6. The molecule has 1 aliphatic rings. The number of anilines is 1. The summed E-state index contributed by atoms with van der Waals surface area (Å²) in [7, 11) is -0.582. The van der Waals surface area contributed by atoms with Gasteiger partial charge in [-0.2, -0.15) is 4.31 Å². The zero-order valence-electron chi connectivity index (χ0n) is 18.8. The van der Waals surface area contributed by atoms with Crippen LogP contribution in [0.3, 0.4) is 0 Å². The average molecular weight is 467 g/mol. The van der Waals surface area contributed by atoms with Crippen LogP contribution < -0.4 is 14.8 Å². The molecule has 0 radical (unpaired) electrons. The first-order valence-corrected chi connectivity index (χ1v) is 12.0. The van der Waals surface area contributed by atoms with Crippen LogP contribution >= 0.6 is 0 Å². The minimum absolute atomic E-state index is 0.167. The molecule has 1 N–H and O–H groups in total. The van der Waals surface area contributed by atoms with E-state index >= 15 is 0 Å². The fraction of sp³-hybridized carbons (Fsp3) is 0.240. The number of ether oxygens (including phenoxy) is 2. The molecule has 0 aromatic heterocycles. The molecule has 0 saturated carbocycles. The average Bonchev–Trinajstić information content (AvgIpc) is 2.84. The van der Waals surface area contributed by atoms with Gasteiger partial charge in [-0.25, -0.2) is 8.42 Å². The number of hydrogen-bond acceptors (Lipinski definition) is 5. The van der Waals surface area contributed by atoms with Crippen molar-refractivity contribution in [2.75, 3.05) is 26.1 Å². The van der Waals surface area contributed by atoms with E-state index in [0.29, 0.717) is 42.3 Å². The van der Waals surface area contributed by atoms with E-state index in [4.69, 9.17) is 9.47 Å². The second kappa shape index (κ2) is 9.25. The van der Waals surface area contributed by atoms with E-state index in [1.165, 1.54) is 41.2 Å². The highest BCUT2D eigenvalue weighted by Gasteiger charge is 2.28. The highest BCUT2D eigenvalue weighted by Crippen LogP contribution is 2.33. The van der Waals surface area contributed by atoms with Crippen molar-refractivity contribution in [1.82, 2.24) is 4.31 Å². The molecule has 172 valence electrons. The van der Waals surface area contributed by atoms with E-state index < -0.39 is 10.0 Å². The van der Waals surface area contributed by atoms with Gasteiger partial charge in [0.15, 0.2) is 11.5 Å². The van der Waals surface area contributed by atoms with Crippen molar-refractivity contribution < 1.29 is 22.7 Å². The third-order valence-electron chi connectivity index (χ3n) is 5.83. The van der Waals surface area contributed by atoms with E-state index in [1.807, 2.05) is 31.2 Å². The Kier molecular flexibility index (Phi) is 6.40. The van der Waals surface area contributed by atoms with Gasteiger partial charge in [-0.15, -0.1) is 0 Å². The molecule has 1 amide bonds. The summed E-state index contributed by atoms with van der Waals surface area (Å²) in [6.45, 7) is 2.63. The van der Waals surface area contributed by atoms with Crippen LogP contribution in [0.1, 0.15) is 27.0 Å². The first-order chi connectivity index (χ1) is 15.8. The van der Waals surface area contributed by atoms with Gasteiger partial charge in [0.2, 0.25) is 10.0 Å². The van der Waals surface area contributed by atoms with Gasteiger partial charge in [-0.1, -0.05) is 24.3 Å². The van der Waals surface area contributed by atoms with E-state index in [0.717, 1.165) is 11.1 Å². The molecule has 0 spiro atoms. The standard InChI is InChI=1S/C25H26N2O5S/c1-17-14-23(31-2)24(32-3)15-22(17)26-25(28)19-8-10-21(11-9-19)33(29,30)27-13-12-18-6-4-5-7-20(18)16-27/h4-11,14-15H,12-13,16H2,1-3H3,(H,26,28). The topological polar surface area (TPSA) is 84.9 Å². The van der Waals surface area contributed by atoms with Crippen LogP contribution in [-0.4, -0.2) is 39.4 Å². The third-order valence-corrected chi connectivity index (χ3v) is 7.69. The van der Waals surface area contributed by atoms with Crippen molar-refractivity contribution in [3.05, 3.63) is 82.9 Å². The Morgan fingerprint density at radius 2 is 1.58 bits per heavy atom. The molecule has 0 saturated heterocycles. The lowest BCUT2D eigenvalue weighted by molar-refractivity contribution is 0.102. The first-order valence-electron chi connectivity index (χ1n) is 10.5. The molecule has 7 nitrogen and oxygen atoms in total. The summed E-state index contributed by atoms with van der Waals surface area (Å²) in [6.07, 6.45) is 0.681. The second-order valence-electron chi connectivity index (χ2n) is 7.86. The maximum atomic E-state index is 13.1. The molecule has 33 heavy (non-hydrogen) atoms. The molecule has 0 bridgehead atoms. The highest BCUT2D eigenvalue weighted by molar-refractivity contribution is 7.89. The lowest BCUT2D eigenvalue weighted by atomic mass is 10.0. The van der Waals surface area contributed by atoms with Crippen LogP contribution in [0.2, 0.25) is 0 Å². The van der Waals surface area contributed by atoms with E-state index in [-0.39, 0.29) is 10.8 Å². The molecular weight excluding hydrogens is 440 g/mol. The fourth-order valence-corrected chi connectivity index (χ4v) is 5.33. The second-order valence-corrected chi connectivity index (χ2v) is 9.80. The van der Waals surface area contributed by atoms with Gasteiger partial charge in [0.25, 0.3) is 5.91 Å². The van der Waals surface area contributed by atoms with Crippen LogP contribution in [0.25, 0.3) is 0 Å². The molecule has 4 rings (SSSR count). The minimum atomic E-state index is -3.66. The van der Waals surface area contributed by atoms with Crippen LogP contribution in [0.4, 0.5) is 5.69 Å². The van der Waals surface area contributed by atoms with Crippen molar-refractivity contribution in [2.24, 2.45) is 0 Å². The molecule has 3 aromatic carbocycles. The Morgan fingerprint density at radius 1 is 0.939 bits per heavy atom. The number of methoxy groups -OCH3 is 2. The molecule has 0 atom stereocenters. The first kappa shape index (κ1) is 22.8. The highest BCUT2D eigenvalue weighted by atomic mass is 32.2. The van der Waals surface area contributed by atoms with Gasteiger partial charge in [0.1, 0.15) is 0 Å². The van der Waals surface area contributed by atoms with Crippen LogP contribution in [0.5, 0.6) is 11.5 Å². The Morgan fingerprint density at radius 3 is 2.24 bits per heavy atom. The predicted molar refractivity (Wildman–Crippen MR) is 126 cm³/mol. The summed E-state index contributed by atoms with van der Waals surface area (Å²) in [6, 6.07) is 17.4. The SMILES string of the molecule is COc1cc(C)c(NC(=O)c2ccc(S(=O)(=O)N3CCc4ccccc4C3)cc2)cc1OC. The maximum absolute atomic E-state index is 13.1. The van der Waals surface area contributed by atoms with Crippen molar-refractivity contribution in [3.8, 4) is 11.5 Å². The van der Waals surface area contributed by atoms with E-state index in [9.17, 15) is 13.2 Å². The monoisotopic (exact) mass is 466 g/mol. The Labute approximate surface area is 194 Å². The third kappa shape index (κ3) is 4.58. The quantitative estimate of drug-likeness (QED) is 0.593. The van der Waals surface area contributed by atoms with Gasteiger partial charge in [-0.05, 0) is 60.4 Å². The molecule has 3 aromatic rings. The zero-order chi connectivity index (χ0) is 23.6. The van der Waals surface area contributed by atoms with Crippen molar-refractivity contribution in [2.45, 2.75) is 24.8 Å². The normalized spacial score (nSPS) is 13.8. The number of carbonyl (C=O) groups is 1. The summed E-state index contributed by atoms with van der Waals surface area (Å²) in [5.74, 6) is 0.729. The number of aryl methyl sites for hydroxylation is 1. The number of sulfonamides is 1. The van der Waals surface area contributed by atoms with Gasteiger partial charge in [-0.3, -0.25) is 4.79 Å². The molecule has 1 heterocycles. The van der Waals surface area contributed by atoms with Crippen molar-refractivity contribution >= 4 is 21.6 Å². The van der Waals surface area contributed by atoms with E-state index in [2.05, 4.69) is 5.32 Å². The summed E-state index contributed by atoms with van der Waals surface area (Å²) in [5, 5.41) is 2.85. The van der Waals surface area contributed by atoms with Gasteiger partial charge in [0, 0.05) is 30.4 Å². The summed E-state index contributed by atoms with van der Waals surface area (Å²) in [4.78, 5) is 12.9. The predicted octanol–water partition coefficient (Wildman–Crippen LogP) is 4.01. The lowest BCUT2D eigenvalue weighted by Crippen LogP contribution is -2.35. The molecule has 0 aliphatic carbocycles. The van der Waals surface area contributed by atoms with Gasteiger partial charge < -0.3 is 14.8 Å². The van der Waals surface area contributed by atoms with Gasteiger partial charge in [0.05, 0.1) is 19.1 Å². The Hall–Kier alpha value is -3.36. The number of amides is 1. The fourth-order valence-electron chi connectivity index (χ4n) is 3.91. The molecule has 8 heteroatoms. The number of benzene rings is 3. The Bertz CT molecular complexity index is 1290. The number of rotatable bonds is 6. The van der Waals surface area contributed by atoms with E-state index in [1.54, 1.807) is 19.2 Å². The van der Waals surface area contributed by atoms with Gasteiger partial charge >= 0.3 is 0 Å². The molecule has 1 aliphatic heterocycles. The van der Waals surface area contributed by atoms with Crippen molar-refractivity contribution in [3.63, 3.8) is 0 Å². The largest absolute Gasteiger partial charge is 0.493 e. The molecular formula is C25H26N2O5S. The van der Waals surface area contributed by atoms with Crippen molar-refractivity contribution in [1.29, 1.82) is 0 Å². The number of hydrogen-bond donors (Lipinski definition) is 1. The summed E-state index contributed by atoms with van der Waals surface area (Å²) >= 11 is 0. The minimum Gasteiger partial charge on any atom is -0.493 e. The summed E-state index contributed by atoms with van der Waals surface area (Å²) in [5.41, 5.74) is 3.95.